The lowest BCUT2D eigenvalue weighted by Crippen LogP contribution is -2.67. The number of Topliss-reactive ketones (excluding diaryl/α,β-unsaturated/α-hetero) is 1. The number of fused-ring (bicyclic) bond motifs is 7. The highest BCUT2D eigenvalue weighted by molar-refractivity contribution is 14.1. The molecule has 1 aromatic rings. The third-order valence-electron chi connectivity index (χ3n) is 14.4. The van der Waals surface area contributed by atoms with Crippen LogP contribution in [0.3, 0.4) is 0 Å². The average Bonchev–Trinajstić information content (AvgIpc) is 3.33. The van der Waals surface area contributed by atoms with Crippen molar-refractivity contribution in [1.82, 2.24) is 0 Å². The number of allylic oxidation sites excluding steroid dienone is 2. The Morgan fingerprint density at radius 1 is 0.976 bits per heavy atom. The fourth-order valence-electron chi connectivity index (χ4n) is 12.5. The standard InChI is InChI=1S/C38H51IO3/c1-23(2)27-14-17-38(33(41)42-8)19-18-36(6)28(31(27)38)12-13-30-35(5)22-25(20-24-10-9-11-26(39)21-24)32(40)34(3,4)29(35)15-16-37(30,36)7/h9-11,20-21,27-31H,1,12-19,22H2,2-8H3/b25-20+/t27-,28-,29-,30+,31-,35-,36-,37-,38+/m0/s1. The van der Waals surface area contributed by atoms with Crippen LogP contribution in [0.1, 0.15) is 105 Å². The normalized spacial score (nSPS) is 44.9. The molecule has 3 nitrogen and oxygen atoms in total. The number of esters is 1. The summed E-state index contributed by atoms with van der Waals surface area (Å²) in [5.41, 5.74) is 3.05. The molecule has 1 aromatic carbocycles. The van der Waals surface area contributed by atoms with Crippen LogP contribution < -0.4 is 0 Å². The molecule has 0 spiro atoms. The molecule has 5 saturated carbocycles. The molecule has 5 aliphatic rings. The Labute approximate surface area is 267 Å². The van der Waals surface area contributed by atoms with Crippen LogP contribution in [0, 0.1) is 60.2 Å². The Balaban J connectivity index is 1.42. The van der Waals surface area contributed by atoms with Crippen molar-refractivity contribution >= 4 is 40.4 Å². The Kier molecular flexibility index (Phi) is 7.31. The second-order valence-corrected chi connectivity index (χ2v) is 17.5. The molecular weight excluding hydrogens is 631 g/mol. The van der Waals surface area contributed by atoms with Gasteiger partial charge in [0, 0.05) is 8.99 Å². The van der Waals surface area contributed by atoms with E-state index in [0.717, 1.165) is 56.1 Å². The van der Waals surface area contributed by atoms with Crippen molar-refractivity contribution in [2.75, 3.05) is 7.11 Å². The zero-order valence-electron chi connectivity index (χ0n) is 26.9. The van der Waals surface area contributed by atoms with Gasteiger partial charge in [-0.1, -0.05) is 58.9 Å². The van der Waals surface area contributed by atoms with Gasteiger partial charge in [0.25, 0.3) is 0 Å². The largest absolute Gasteiger partial charge is 0.469 e. The van der Waals surface area contributed by atoms with E-state index in [-0.39, 0.29) is 33.0 Å². The lowest BCUT2D eigenvalue weighted by molar-refractivity contribution is -0.232. The first-order valence-corrected chi connectivity index (χ1v) is 17.5. The number of hydrogen-bond donors (Lipinski definition) is 0. The highest BCUT2D eigenvalue weighted by Crippen LogP contribution is 2.77. The Hall–Kier alpha value is -1.43. The predicted octanol–water partition coefficient (Wildman–Crippen LogP) is 9.68. The smallest absolute Gasteiger partial charge is 0.312 e. The number of hydrogen-bond acceptors (Lipinski definition) is 3. The van der Waals surface area contributed by atoms with Crippen LogP contribution in [0.25, 0.3) is 6.08 Å². The minimum Gasteiger partial charge on any atom is -0.469 e. The van der Waals surface area contributed by atoms with Gasteiger partial charge < -0.3 is 4.74 Å². The second kappa shape index (κ2) is 10.0. The maximum absolute atomic E-state index is 14.1. The van der Waals surface area contributed by atoms with E-state index < -0.39 is 0 Å². The monoisotopic (exact) mass is 682 g/mol. The van der Waals surface area contributed by atoms with E-state index in [2.05, 4.69) is 101 Å². The number of carbonyl (C=O) groups excluding carboxylic acids is 2. The lowest BCUT2D eigenvalue weighted by Gasteiger charge is -2.72. The molecule has 5 aliphatic carbocycles. The highest BCUT2D eigenvalue weighted by atomic mass is 127. The second-order valence-electron chi connectivity index (χ2n) is 16.3. The molecular formula is C38H51IO3. The highest BCUT2D eigenvalue weighted by Gasteiger charge is 2.72. The number of benzene rings is 1. The summed E-state index contributed by atoms with van der Waals surface area (Å²) in [4.78, 5) is 27.6. The molecule has 0 amide bonds. The predicted molar refractivity (Wildman–Crippen MR) is 179 cm³/mol. The van der Waals surface area contributed by atoms with Crippen LogP contribution in [0.15, 0.2) is 42.0 Å². The lowest BCUT2D eigenvalue weighted by atomic mass is 9.32. The van der Waals surface area contributed by atoms with Crippen LogP contribution in [0.2, 0.25) is 0 Å². The quantitative estimate of drug-likeness (QED) is 0.138. The van der Waals surface area contributed by atoms with Crippen LogP contribution in [0.5, 0.6) is 0 Å². The zero-order valence-corrected chi connectivity index (χ0v) is 29.1. The Morgan fingerprint density at radius 2 is 1.71 bits per heavy atom. The molecule has 0 heterocycles. The fraction of sp³-hybridized carbons (Fsp3) is 0.684. The molecule has 228 valence electrons. The SMILES string of the molecule is C=C(C)[C@@H]1CC[C@@]2(C(=O)OC)CC[C@@]3(C)[C@@H](CC[C@@H]4[C@@]5(C)C/C(=C\c6cccc(I)c6)C(=O)C(C)(C)[C@@H]5CC[C@@]43C)[C@H]12. The molecule has 0 bridgehead atoms. The van der Waals surface area contributed by atoms with Crippen molar-refractivity contribution in [3.8, 4) is 0 Å². The van der Waals surface area contributed by atoms with Gasteiger partial charge in [0.2, 0.25) is 0 Å². The van der Waals surface area contributed by atoms with Gasteiger partial charge in [-0.25, -0.2) is 0 Å². The molecule has 0 aliphatic heterocycles. The molecule has 42 heavy (non-hydrogen) atoms. The number of rotatable bonds is 3. The van der Waals surface area contributed by atoms with Gasteiger partial charge in [0.1, 0.15) is 0 Å². The third-order valence-corrected chi connectivity index (χ3v) is 15.1. The summed E-state index contributed by atoms with van der Waals surface area (Å²) in [5, 5.41) is 0. The summed E-state index contributed by atoms with van der Waals surface area (Å²) < 4.78 is 6.75. The summed E-state index contributed by atoms with van der Waals surface area (Å²) in [5.74, 6) is 2.53. The maximum Gasteiger partial charge on any atom is 0.312 e. The first-order chi connectivity index (χ1) is 19.7. The summed E-state index contributed by atoms with van der Waals surface area (Å²) in [6, 6.07) is 8.53. The first kappa shape index (κ1) is 30.6. The van der Waals surface area contributed by atoms with Crippen LogP contribution in [-0.2, 0) is 14.3 Å². The molecule has 5 fully saturated rings. The molecule has 6 rings (SSSR count). The number of ether oxygens (including phenoxy) is 1. The summed E-state index contributed by atoms with van der Waals surface area (Å²) >= 11 is 2.36. The van der Waals surface area contributed by atoms with Crippen LogP contribution in [0.4, 0.5) is 0 Å². The van der Waals surface area contributed by atoms with E-state index in [4.69, 9.17) is 4.74 Å². The average molecular weight is 683 g/mol. The van der Waals surface area contributed by atoms with Crippen molar-refractivity contribution in [2.24, 2.45) is 56.7 Å². The first-order valence-electron chi connectivity index (χ1n) is 16.4. The van der Waals surface area contributed by atoms with Crippen LogP contribution >= 0.6 is 22.6 Å². The summed E-state index contributed by atoms with van der Waals surface area (Å²) in [6.07, 6.45) is 11.7. The molecule has 0 saturated heterocycles. The van der Waals surface area contributed by atoms with E-state index in [1.165, 1.54) is 22.0 Å². The van der Waals surface area contributed by atoms with E-state index in [1.807, 2.05) is 0 Å². The maximum atomic E-state index is 14.1. The van der Waals surface area contributed by atoms with Gasteiger partial charge in [-0.15, -0.1) is 0 Å². The minimum absolute atomic E-state index is 0.0270. The molecule has 0 N–H and O–H groups in total. The van der Waals surface area contributed by atoms with Crippen molar-refractivity contribution in [2.45, 2.75) is 99.3 Å². The number of carbonyl (C=O) groups is 2. The zero-order chi connectivity index (χ0) is 30.5. The van der Waals surface area contributed by atoms with Gasteiger partial charge in [0.05, 0.1) is 12.5 Å². The van der Waals surface area contributed by atoms with E-state index in [9.17, 15) is 9.59 Å². The van der Waals surface area contributed by atoms with Crippen molar-refractivity contribution in [1.29, 1.82) is 0 Å². The van der Waals surface area contributed by atoms with Crippen molar-refractivity contribution in [3.05, 3.63) is 51.1 Å². The molecule has 9 atom stereocenters. The Bertz CT molecular complexity index is 1360. The third kappa shape index (κ3) is 4.01. The summed E-state index contributed by atoms with van der Waals surface area (Å²) in [6.45, 7) is 18.9. The fourth-order valence-corrected chi connectivity index (χ4v) is 13.0. The minimum atomic E-state index is -0.372. The van der Waals surface area contributed by atoms with Crippen molar-refractivity contribution < 1.29 is 14.3 Å². The van der Waals surface area contributed by atoms with Gasteiger partial charge in [-0.05, 0) is 162 Å². The molecule has 0 unspecified atom stereocenters. The van der Waals surface area contributed by atoms with Gasteiger partial charge in [0.15, 0.2) is 5.78 Å². The summed E-state index contributed by atoms with van der Waals surface area (Å²) in [7, 11) is 1.59. The molecule has 0 aromatic heterocycles. The van der Waals surface area contributed by atoms with E-state index in [0.29, 0.717) is 35.4 Å². The van der Waals surface area contributed by atoms with Gasteiger partial charge >= 0.3 is 5.97 Å². The Morgan fingerprint density at radius 3 is 2.38 bits per heavy atom. The van der Waals surface area contributed by atoms with E-state index >= 15 is 0 Å². The molecule has 4 heteroatoms. The van der Waals surface area contributed by atoms with Gasteiger partial charge in [-0.2, -0.15) is 0 Å². The van der Waals surface area contributed by atoms with Crippen LogP contribution in [-0.4, -0.2) is 18.9 Å². The number of halogens is 1. The number of ketones is 1. The van der Waals surface area contributed by atoms with Gasteiger partial charge in [-0.3, -0.25) is 9.59 Å². The number of methoxy groups -OCH3 is 1. The topological polar surface area (TPSA) is 43.4 Å². The van der Waals surface area contributed by atoms with Crippen molar-refractivity contribution in [3.63, 3.8) is 0 Å². The van der Waals surface area contributed by atoms with E-state index in [1.54, 1.807) is 7.11 Å². The molecule has 0 radical (unpaired) electrons.